The van der Waals surface area contributed by atoms with Crippen molar-refractivity contribution in [2.24, 2.45) is 0 Å². The molecule has 96 valence electrons. The Morgan fingerprint density at radius 3 is 2.74 bits per heavy atom. The van der Waals surface area contributed by atoms with Crippen molar-refractivity contribution in [2.45, 2.75) is 19.9 Å². The van der Waals surface area contributed by atoms with Crippen LogP contribution in [0.3, 0.4) is 0 Å². The molecule has 1 aromatic heterocycles. The Kier molecular flexibility index (Phi) is 3.98. The monoisotopic (exact) mass is 273 g/mol. The van der Waals surface area contributed by atoms with Gasteiger partial charge in [0.25, 0.3) is 0 Å². The van der Waals surface area contributed by atoms with Gasteiger partial charge in [-0.1, -0.05) is 11.6 Å². The summed E-state index contributed by atoms with van der Waals surface area (Å²) in [6, 6.07) is 8.75. The van der Waals surface area contributed by atoms with Crippen molar-refractivity contribution < 1.29 is 4.79 Å². The number of aryl methyl sites for hydroxylation is 1. The minimum absolute atomic E-state index is 0.164. The first-order chi connectivity index (χ1) is 9.13. The minimum atomic E-state index is -0.164. The van der Waals surface area contributed by atoms with Crippen molar-refractivity contribution in [1.29, 1.82) is 5.26 Å². The number of aromatic nitrogens is 2. The summed E-state index contributed by atoms with van der Waals surface area (Å²) < 4.78 is 1.76. The third-order valence-corrected chi connectivity index (χ3v) is 3.06. The smallest absolute Gasteiger partial charge is 0.228 e. The highest BCUT2D eigenvalue weighted by molar-refractivity contribution is 6.30. The summed E-state index contributed by atoms with van der Waals surface area (Å²) in [6.45, 7) is 2.33. The fraction of sp³-hybridized carbons (Fsp3) is 0.214. The standard InChI is InChI=1S/C14H12ClN3O/c1-10-9-17-14(18(10)8-2-7-16)13(19)11-3-5-12(15)6-4-11/h3-6,9H,2,8H2,1H3. The van der Waals surface area contributed by atoms with Gasteiger partial charge in [0.1, 0.15) is 0 Å². The third kappa shape index (κ3) is 2.83. The van der Waals surface area contributed by atoms with Crippen LogP contribution in [0, 0.1) is 18.3 Å². The van der Waals surface area contributed by atoms with E-state index in [0.29, 0.717) is 29.4 Å². The van der Waals surface area contributed by atoms with Crippen LogP contribution < -0.4 is 0 Å². The highest BCUT2D eigenvalue weighted by Crippen LogP contribution is 2.14. The Labute approximate surface area is 116 Å². The van der Waals surface area contributed by atoms with Gasteiger partial charge in [-0.2, -0.15) is 5.26 Å². The van der Waals surface area contributed by atoms with Gasteiger partial charge in [-0.3, -0.25) is 4.79 Å². The Hall–Kier alpha value is -2.12. The zero-order valence-electron chi connectivity index (χ0n) is 10.4. The molecule has 0 amide bonds. The molecular formula is C14H12ClN3O. The van der Waals surface area contributed by atoms with Gasteiger partial charge in [-0.05, 0) is 31.2 Å². The summed E-state index contributed by atoms with van der Waals surface area (Å²) in [5.41, 5.74) is 1.40. The number of nitriles is 1. The van der Waals surface area contributed by atoms with Crippen LogP contribution in [0.2, 0.25) is 5.02 Å². The maximum absolute atomic E-state index is 12.3. The van der Waals surface area contributed by atoms with Crippen LogP contribution in [-0.2, 0) is 6.54 Å². The molecule has 1 aromatic carbocycles. The lowest BCUT2D eigenvalue weighted by molar-refractivity contribution is 0.102. The molecule has 0 radical (unpaired) electrons. The van der Waals surface area contributed by atoms with Gasteiger partial charge in [-0.25, -0.2) is 4.98 Å². The van der Waals surface area contributed by atoms with Crippen molar-refractivity contribution in [2.75, 3.05) is 0 Å². The topological polar surface area (TPSA) is 58.7 Å². The highest BCUT2D eigenvalue weighted by atomic mass is 35.5. The summed E-state index contributed by atoms with van der Waals surface area (Å²) in [7, 11) is 0. The molecule has 0 aliphatic rings. The third-order valence-electron chi connectivity index (χ3n) is 2.81. The zero-order chi connectivity index (χ0) is 13.8. The van der Waals surface area contributed by atoms with Crippen molar-refractivity contribution in [3.63, 3.8) is 0 Å². The molecule has 0 spiro atoms. The molecule has 0 atom stereocenters. The molecule has 1 heterocycles. The van der Waals surface area contributed by atoms with Crippen molar-refractivity contribution in [3.05, 3.63) is 52.6 Å². The number of hydrogen-bond donors (Lipinski definition) is 0. The van der Waals surface area contributed by atoms with E-state index in [4.69, 9.17) is 16.9 Å². The molecule has 2 aromatic rings. The molecule has 0 unspecified atom stereocenters. The molecule has 0 bridgehead atoms. The number of halogens is 1. The average Bonchev–Trinajstić information content (AvgIpc) is 2.78. The number of rotatable bonds is 4. The lowest BCUT2D eigenvalue weighted by atomic mass is 10.1. The van der Waals surface area contributed by atoms with Crippen LogP contribution in [0.4, 0.5) is 0 Å². The summed E-state index contributed by atoms with van der Waals surface area (Å²) in [5.74, 6) is 0.192. The fourth-order valence-electron chi connectivity index (χ4n) is 1.82. The normalized spacial score (nSPS) is 10.2. The van der Waals surface area contributed by atoms with E-state index < -0.39 is 0 Å². The molecular weight excluding hydrogens is 262 g/mol. The molecule has 0 aliphatic carbocycles. The van der Waals surface area contributed by atoms with E-state index in [0.717, 1.165) is 5.69 Å². The van der Waals surface area contributed by atoms with E-state index in [1.165, 1.54) is 0 Å². The molecule has 2 rings (SSSR count). The highest BCUT2D eigenvalue weighted by Gasteiger charge is 2.16. The van der Waals surface area contributed by atoms with Gasteiger partial charge < -0.3 is 4.57 Å². The predicted molar refractivity (Wildman–Crippen MR) is 72.1 cm³/mol. The van der Waals surface area contributed by atoms with Crippen molar-refractivity contribution >= 4 is 17.4 Å². The molecule has 0 fully saturated rings. The number of carbonyl (C=O) groups excluding carboxylic acids is 1. The van der Waals surface area contributed by atoms with E-state index in [1.54, 1.807) is 35.0 Å². The number of nitrogens with zero attached hydrogens (tertiary/aromatic N) is 3. The number of benzene rings is 1. The summed E-state index contributed by atoms with van der Waals surface area (Å²) in [5, 5.41) is 9.23. The number of ketones is 1. The lowest BCUT2D eigenvalue weighted by Gasteiger charge is -2.07. The molecule has 0 aliphatic heterocycles. The SMILES string of the molecule is Cc1cnc(C(=O)c2ccc(Cl)cc2)n1CCC#N. The lowest BCUT2D eigenvalue weighted by Crippen LogP contribution is -2.12. The molecule has 0 saturated heterocycles. The van der Waals surface area contributed by atoms with Gasteiger partial charge >= 0.3 is 0 Å². The van der Waals surface area contributed by atoms with Crippen LogP contribution >= 0.6 is 11.6 Å². The van der Waals surface area contributed by atoms with Gasteiger partial charge in [0.2, 0.25) is 5.78 Å². The van der Waals surface area contributed by atoms with Crippen molar-refractivity contribution in [1.82, 2.24) is 9.55 Å². The second-order valence-corrected chi connectivity index (χ2v) is 4.56. The Morgan fingerprint density at radius 2 is 2.11 bits per heavy atom. The van der Waals surface area contributed by atoms with Crippen LogP contribution in [0.5, 0.6) is 0 Å². The molecule has 0 N–H and O–H groups in total. The summed E-state index contributed by atoms with van der Waals surface area (Å²) >= 11 is 5.80. The van der Waals surface area contributed by atoms with Crippen LogP contribution in [0.15, 0.2) is 30.5 Å². The van der Waals surface area contributed by atoms with E-state index in [1.807, 2.05) is 6.92 Å². The second-order valence-electron chi connectivity index (χ2n) is 4.12. The maximum Gasteiger partial charge on any atom is 0.228 e. The Morgan fingerprint density at radius 1 is 1.42 bits per heavy atom. The quantitative estimate of drug-likeness (QED) is 0.805. The average molecular weight is 274 g/mol. The second kappa shape index (κ2) is 5.68. The number of carbonyl (C=O) groups is 1. The van der Waals surface area contributed by atoms with E-state index in [2.05, 4.69) is 11.1 Å². The van der Waals surface area contributed by atoms with Crippen LogP contribution in [0.25, 0.3) is 0 Å². The first kappa shape index (κ1) is 13.3. The molecule has 19 heavy (non-hydrogen) atoms. The van der Waals surface area contributed by atoms with E-state index >= 15 is 0 Å². The predicted octanol–water partition coefficient (Wildman–Crippen LogP) is 2.99. The van der Waals surface area contributed by atoms with Crippen LogP contribution in [0.1, 0.15) is 28.3 Å². The minimum Gasteiger partial charge on any atom is -0.325 e. The van der Waals surface area contributed by atoms with E-state index in [9.17, 15) is 4.79 Å². The molecule has 4 nitrogen and oxygen atoms in total. The summed E-state index contributed by atoms with van der Waals surface area (Å²) in [4.78, 5) is 16.5. The van der Waals surface area contributed by atoms with Gasteiger partial charge in [0.15, 0.2) is 5.82 Å². The van der Waals surface area contributed by atoms with Crippen LogP contribution in [-0.4, -0.2) is 15.3 Å². The van der Waals surface area contributed by atoms with Crippen molar-refractivity contribution in [3.8, 4) is 6.07 Å². The number of imidazole rings is 1. The molecule has 5 heteroatoms. The van der Waals surface area contributed by atoms with E-state index in [-0.39, 0.29) is 5.78 Å². The Balaban J connectivity index is 2.34. The fourth-order valence-corrected chi connectivity index (χ4v) is 1.94. The summed E-state index contributed by atoms with van der Waals surface area (Å²) in [6.07, 6.45) is 1.98. The first-order valence-corrected chi connectivity index (χ1v) is 6.20. The maximum atomic E-state index is 12.3. The Bertz CT molecular complexity index is 638. The molecule has 0 saturated carbocycles. The number of hydrogen-bond acceptors (Lipinski definition) is 3. The van der Waals surface area contributed by atoms with Gasteiger partial charge in [0, 0.05) is 29.0 Å². The largest absolute Gasteiger partial charge is 0.325 e. The first-order valence-electron chi connectivity index (χ1n) is 5.83. The van der Waals surface area contributed by atoms with Gasteiger partial charge in [0.05, 0.1) is 12.5 Å². The zero-order valence-corrected chi connectivity index (χ0v) is 11.2. The van der Waals surface area contributed by atoms with Gasteiger partial charge in [-0.15, -0.1) is 0 Å².